The standard InChI is InChI=1S/C9H7BrCl2/c10-8-4-3-7(2-1-5-11)9(12)6-8/h1-4,6H,5H2. The van der Waals surface area contributed by atoms with E-state index in [1.165, 1.54) is 0 Å². The molecule has 0 bridgehead atoms. The van der Waals surface area contributed by atoms with Gasteiger partial charge < -0.3 is 0 Å². The van der Waals surface area contributed by atoms with Crippen molar-refractivity contribution >= 4 is 45.2 Å². The van der Waals surface area contributed by atoms with Crippen molar-refractivity contribution in [2.24, 2.45) is 0 Å². The molecule has 0 aliphatic rings. The zero-order chi connectivity index (χ0) is 8.97. The van der Waals surface area contributed by atoms with Crippen molar-refractivity contribution in [2.75, 3.05) is 5.88 Å². The van der Waals surface area contributed by atoms with Gasteiger partial charge in [-0.2, -0.15) is 0 Å². The van der Waals surface area contributed by atoms with Gasteiger partial charge in [0.1, 0.15) is 0 Å². The summed E-state index contributed by atoms with van der Waals surface area (Å²) in [6, 6.07) is 5.74. The monoisotopic (exact) mass is 264 g/mol. The van der Waals surface area contributed by atoms with Crippen LogP contribution in [0.4, 0.5) is 0 Å². The largest absolute Gasteiger partial charge is 0.122 e. The summed E-state index contributed by atoms with van der Waals surface area (Å²) in [5.74, 6) is 0.506. The van der Waals surface area contributed by atoms with Gasteiger partial charge in [0.2, 0.25) is 0 Å². The summed E-state index contributed by atoms with van der Waals surface area (Å²) in [4.78, 5) is 0. The highest BCUT2D eigenvalue weighted by Gasteiger charge is 1.95. The first-order chi connectivity index (χ1) is 5.74. The molecule has 0 radical (unpaired) electrons. The molecule has 0 amide bonds. The van der Waals surface area contributed by atoms with Gasteiger partial charge in [0, 0.05) is 15.4 Å². The number of halogens is 3. The van der Waals surface area contributed by atoms with Crippen LogP contribution in [0.3, 0.4) is 0 Å². The zero-order valence-electron chi connectivity index (χ0n) is 6.23. The van der Waals surface area contributed by atoms with Crippen LogP contribution < -0.4 is 0 Å². The second-order valence-corrected chi connectivity index (χ2v) is 3.85. The second kappa shape index (κ2) is 4.90. The summed E-state index contributed by atoms with van der Waals surface area (Å²) in [7, 11) is 0. The normalized spacial score (nSPS) is 10.9. The topological polar surface area (TPSA) is 0 Å². The van der Waals surface area contributed by atoms with Crippen LogP contribution in [0, 0.1) is 0 Å². The van der Waals surface area contributed by atoms with Crippen molar-refractivity contribution in [3.8, 4) is 0 Å². The lowest BCUT2D eigenvalue weighted by Gasteiger charge is -1.97. The van der Waals surface area contributed by atoms with Crippen LogP contribution >= 0.6 is 39.1 Å². The van der Waals surface area contributed by atoms with Crippen molar-refractivity contribution in [1.29, 1.82) is 0 Å². The van der Waals surface area contributed by atoms with E-state index in [-0.39, 0.29) is 0 Å². The third kappa shape index (κ3) is 2.81. The lowest BCUT2D eigenvalue weighted by molar-refractivity contribution is 1.60. The minimum Gasteiger partial charge on any atom is -0.122 e. The Balaban J connectivity index is 2.94. The summed E-state index contributed by atoms with van der Waals surface area (Å²) >= 11 is 14.8. The number of hydrogen-bond acceptors (Lipinski definition) is 0. The average Bonchev–Trinajstić information content (AvgIpc) is 2.03. The molecule has 0 saturated heterocycles. The fourth-order valence-electron chi connectivity index (χ4n) is 0.808. The number of hydrogen-bond donors (Lipinski definition) is 0. The van der Waals surface area contributed by atoms with Crippen LogP contribution in [0.1, 0.15) is 5.56 Å². The molecule has 0 aliphatic heterocycles. The van der Waals surface area contributed by atoms with Gasteiger partial charge in [0.05, 0.1) is 0 Å². The fourth-order valence-corrected chi connectivity index (χ4v) is 1.63. The number of rotatable bonds is 2. The third-order valence-corrected chi connectivity index (χ3v) is 2.35. The molecular weight excluding hydrogens is 259 g/mol. The summed E-state index contributed by atoms with van der Waals surface area (Å²) in [5.41, 5.74) is 0.987. The molecule has 0 heterocycles. The van der Waals surface area contributed by atoms with Gasteiger partial charge in [0.25, 0.3) is 0 Å². The van der Waals surface area contributed by atoms with E-state index in [4.69, 9.17) is 23.2 Å². The van der Waals surface area contributed by atoms with E-state index in [1.807, 2.05) is 30.4 Å². The molecule has 0 aliphatic carbocycles. The Bertz CT molecular complexity index is 295. The smallest absolute Gasteiger partial charge is 0.0489 e. The van der Waals surface area contributed by atoms with E-state index in [0.29, 0.717) is 5.88 Å². The number of benzene rings is 1. The minimum atomic E-state index is 0.506. The van der Waals surface area contributed by atoms with Gasteiger partial charge in [-0.3, -0.25) is 0 Å². The van der Waals surface area contributed by atoms with Gasteiger partial charge in [-0.05, 0) is 17.7 Å². The Morgan fingerprint density at radius 2 is 2.17 bits per heavy atom. The molecule has 0 saturated carbocycles. The van der Waals surface area contributed by atoms with Crippen LogP contribution in [-0.2, 0) is 0 Å². The van der Waals surface area contributed by atoms with Crippen LogP contribution in [-0.4, -0.2) is 5.88 Å². The summed E-state index contributed by atoms with van der Waals surface area (Å²) in [6.45, 7) is 0. The summed E-state index contributed by atoms with van der Waals surface area (Å²) in [5, 5.41) is 0.728. The molecule has 64 valence electrons. The molecule has 0 nitrogen and oxygen atoms in total. The molecular formula is C9H7BrCl2. The first-order valence-corrected chi connectivity index (χ1v) is 5.12. The molecule has 3 heteroatoms. The first kappa shape index (κ1) is 10.1. The first-order valence-electron chi connectivity index (χ1n) is 3.41. The van der Waals surface area contributed by atoms with Gasteiger partial charge in [-0.15, -0.1) is 11.6 Å². The molecule has 1 aromatic rings. The predicted octanol–water partition coefficient (Wildman–Crippen LogP) is 4.35. The molecule has 0 fully saturated rings. The summed E-state index contributed by atoms with van der Waals surface area (Å²) < 4.78 is 0.982. The zero-order valence-corrected chi connectivity index (χ0v) is 9.33. The Morgan fingerprint density at radius 3 is 2.75 bits per heavy atom. The van der Waals surface area contributed by atoms with Gasteiger partial charge >= 0.3 is 0 Å². The maximum absolute atomic E-state index is 5.94. The van der Waals surface area contributed by atoms with Crippen molar-refractivity contribution in [1.82, 2.24) is 0 Å². The van der Waals surface area contributed by atoms with Gasteiger partial charge in [-0.25, -0.2) is 0 Å². The number of allylic oxidation sites excluding steroid dienone is 1. The highest BCUT2D eigenvalue weighted by Crippen LogP contribution is 2.22. The van der Waals surface area contributed by atoms with E-state index < -0.39 is 0 Å². The highest BCUT2D eigenvalue weighted by molar-refractivity contribution is 9.10. The van der Waals surface area contributed by atoms with Crippen LogP contribution in [0.2, 0.25) is 5.02 Å². The SMILES string of the molecule is ClCC=Cc1ccc(Br)cc1Cl. The van der Waals surface area contributed by atoms with Gasteiger partial charge in [-0.1, -0.05) is 45.7 Å². The maximum Gasteiger partial charge on any atom is 0.0489 e. The summed E-state index contributed by atoms with van der Waals surface area (Å²) in [6.07, 6.45) is 3.76. The van der Waals surface area contributed by atoms with Crippen molar-refractivity contribution in [3.05, 3.63) is 39.3 Å². The molecule has 12 heavy (non-hydrogen) atoms. The van der Waals surface area contributed by atoms with E-state index in [1.54, 1.807) is 0 Å². The molecule has 1 aromatic carbocycles. The highest BCUT2D eigenvalue weighted by atomic mass is 79.9. The van der Waals surface area contributed by atoms with E-state index in [2.05, 4.69) is 15.9 Å². The maximum atomic E-state index is 5.94. The third-order valence-electron chi connectivity index (χ3n) is 1.35. The van der Waals surface area contributed by atoms with Gasteiger partial charge in [0.15, 0.2) is 0 Å². The van der Waals surface area contributed by atoms with Crippen molar-refractivity contribution < 1.29 is 0 Å². The quantitative estimate of drug-likeness (QED) is 0.698. The van der Waals surface area contributed by atoms with E-state index >= 15 is 0 Å². The molecule has 0 unspecified atom stereocenters. The molecule has 0 atom stereocenters. The van der Waals surface area contributed by atoms with E-state index in [9.17, 15) is 0 Å². The average molecular weight is 266 g/mol. The number of alkyl halides is 1. The molecule has 0 N–H and O–H groups in total. The van der Waals surface area contributed by atoms with Crippen LogP contribution in [0.5, 0.6) is 0 Å². The molecule has 1 rings (SSSR count). The Hall–Kier alpha value is 0.0200. The van der Waals surface area contributed by atoms with Crippen molar-refractivity contribution in [2.45, 2.75) is 0 Å². The van der Waals surface area contributed by atoms with Crippen LogP contribution in [0.15, 0.2) is 28.7 Å². The fraction of sp³-hybridized carbons (Fsp3) is 0.111. The lowest BCUT2D eigenvalue weighted by atomic mass is 10.2. The lowest BCUT2D eigenvalue weighted by Crippen LogP contribution is -1.75. The minimum absolute atomic E-state index is 0.506. The molecule has 0 aromatic heterocycles. The Kier molecular flexibility index (Phi) is 4.13. The molecule has 0 spiro atoms. The van der Waals surface area contributed by atoms with Crippen molar-refractivity contribution in [3.63, 3.8) is 0 Å². The predicted molar refractivity (Wildman–Crippen MR) is 58.9 cm³/mol. The van der Waals surface area contributed by atoms with Crippen LogP contribution in [0.25, 0.3) is 6.08 Å². The second-order valence-electron chi connectivity index (χ2n) is 2.22. The Morgan fingerprint density at radius 1 is 1.42 bits per heavy atom. The van der Waals surface area contributed by atoms with E-state index in [0.717, 1.165) is 15.1 Å². The Labute approximate surface area is 90.3 Å².